The molecule has 1 aromatic rings. The van der Waals surface area contributed by atoms with Crippen molar-refractivity contribution < 1.29 is 21.6 Å². The fourth-order valence-electron chi connectivity index (χ4n) is 3.99. The lowest BCUT2D eigenvalue weighted by molar-refractivity contribution is -0.135. The van der Waals surface area contributed by atoms with Crippen molar-refractivity contribution in [2.75, 3.05) is 44.2 Å². The van der Waals surface area contributed by atoms with Crippen molar-refractivity contribution in [3.63, 3.8) is 0 Å². The van der Waals surface area contributed by atoms with E-state index < -0.39 is 19.9 Å². The molecule has 11 heteroatoms. The van der Waals surface area contributed by atoms with Crippen LogP contribution in [0.2, 0.25) is 0 Å². The molecule has 0 bridgehead atoms. The molecule has 0 aromatic carbocycles. The quantitative estimate of drug-likeness (QED) is 0.620. The van der Waals surface area contributed by atoms with Crippen molar-refractivity contribution in [1.29, 1.82) is 0 Å². The van der Waals surface area contributed by atoms with E-state index >= 15 is 0 Å². The molecule has 156 valence electrons. The van der Waals surface area contributed by atoms with Gasteiger partial charge in [-0.3, -0.25) is 9.69 Å². The third-order valence-corrected chi connectivity index (χ3v) is 10.6. The number of hydrogen-bond donors (Lipinski definition) is 0. The highest BCUT2D eigenvalue weighted by atomic mass is 32.2. The van der Waals surface area contributed by atoms with Crippen LogP contribution >= 0.6 is 11.3 Å². The zero-order valence-corrected chi connectivity index (χ0v) is 18.0. The van der Waals surface area contributed by atoms with Crippen LogP contribution in [0.25, 0.3) is 0 Å². The Morgan fingerprint density at radius 2 is 1.86 bits per heavy atom. The second-order valence-corrected chi connectivity index (χ2v) is 13.0. The average molecular weight is 448 g/mol. The molecule has 8 nitrogen and oxygen atoms in total. The van der Waals surface area contributed by atoms with Gasteiger partial charge in [0.2, 0.25) is 5.91 Å². The van der Waals surface area contributed by atoms with Crippen molar-refractivity contribution in [1.82, 2.24) is 14.1 Å². The predicted molar refractivity (Wildman–Crippen MR) is 106 cm³/mol. The fraction of sp³-hybridized carbons (Fsp3) is 0.706. The Kier molecular flexibility index (Phi) is 5.56. The Morgan fingerprint density at radius 1 is 1.14 bits per heavy atom. The first kappa shape index (κ1) is 20.3. The Bertz CT molecular complexity index is 917. The van der Waals surface area contributed by atoms with E-state index in [2.05, 4.69) is 0 Å². The molecule has 4 rings (SSSR count). The summed E-state index contributed by atoms with van der Waals surface area (Å²) < 4.78 is 50.7. The Balaban J connectivity index is 1.34. The summed E-state index contributed by atoms with van der Waals surface area (Å²) in [6.07, 6.45) is 2.40. The molecule has 0 N–H and O–H groups in total. The summed E-state index contributed by atoms with van der Waals surface area (Å²) in [6, 6.07) is 3.30. The van der Waals surface area contributed by atoms with Gasteiger partial charge in [0.15, 0.2) is 9.84 Å². The molecule has 0 radical (unpaired) electrons. The smallest absolute Gasteiger partial charge is 0.252 e. The highest BCUT2D eigenvalue weighted by Gasteiger charge is 2.42. The summed E-state index contributed by atoms with van der Waals surface area (Å²) in [4.78, 5) is 16.7. The number of amides is 1. The molecular formula is C17H25N3O5S3. The molecule has 1 saturated carbocycles. The fourth-order valence-corrected chi connectivity index (χ4v) is 8.27. The zero-order chi connectivity index (χ0) is 19.9. The molecule has 2 saturated heterocycles. The zero-order valence-electron chi connectivity index (χ0n) is 15.6. The molecule has 1 aromatic heterocycles. The first-order valence-corrected chi connectivity index (χ1v) is 13.7. The number of sulfonamides is 1. The first-order chi connectivity index (χ1) is 13.3. The first-order valence-electron chi connectivity index (χ1n) is 9.54. The Hall–Kier alpha value is -1.01. The van der Waals surface area contributed by atoms with Crippen LogP contribution in [-0.2, 0) is 24.7 Å². The molecule has 1 aliphatic carbocycles. The lowest BCUT2D eigenvalue weighted by Crippen LogP contribution is -2.53. The van der Waals surface area contributed by atoms with E-state index in [0.717, 1.165) is 12.8 Å². The second-order valence-electron chi connectivity index (χ2n) is 7.70. The molecule has 0 spiro atoms. The van der Waals surface area contributed by atoms with Gasteiger partial charge < -0.3 is 4.90 Å². The molecule has 3 aliphatic rings. The minimum Gasteiger partial charge on any atom is -0.335 e. The van der Waals surface area contributed by atoms with Crippen molar-refractivity contribution >= 4 is 37.1 Å². The summed E-state index contributed by atoms with van der Waals surface area (Å²) in [5.41, 5.74) is 0. The van der Waals surface area contributed by atoms with Crippen molar-refractivity contribution in [3.8, 4) is 0 Å². The van der Waals surface area contributed by atoms with E-state index in [1.165, 1.54) is 15.6 Å². The summed E-state index contributed by atoms with van der Waals surface area (Å²) in [7, 11) is -6.49. The SMILES string of the molecule is O=C(CN1CCN(S(=O)(=O)c2cccs2)CC1)N(C1CC1)C1CCS(=O)(=O)C1. The van der Waals surface area contributed by atoms with Gasteiger partial charge in [-0.05, 0) is 30.7 Å². The lowest BCUT2D eigenvalue weighted by Gasteiger charge is -2.35. The van der Waals surface area contributed by atoms with Crippen LogP contribution in [0, 0.1) is 0 Å². The van der Waals surface area contributed by atoms with Gasteiger partial charge in [0.05, 0.1) is 18.1 Å². The molecule has 1 atom stereocenters. The number of sulfone groups is 1. The minimum absolute atomic E-state index is 0.0286. The van der Waals surface area contributed by atoms with E-state index in [-0.39, 0.29) is 36.0 Å². The van der Waals surface area contributed by atoms with Crippen LogP contribution in [-0.4, -0.2) is 93.2 Å². The number of rotatable bonds is 6. The van der Waals surface area contributed by atoms with Crippen LogP contribution in [0.1, 0.15) is 19.3 Å². The van der Waals surface area contributed by atoms with Gasteiger partial charge in [-0.25, -0.2) is 16.8 Å². The molecule has 3 fully saturated rings. The second kappa shape index (κ2) is 7.67. The van der Waals surface area contributed by atoms with E-state index in [9.17, 15) is 21.6 Å². The van der Waals surface area contributed by atoms with Crippen LogP contribution in [0.15, 0.2) is 21.7 Å². The van der Waals surface area contributed by atoms with Crippen molar-refractivity contribution in [2.45, 2.75) is 35.6 Å². The maximum atomic E-state index is 12.9. The number of carbonyl (C=O) groups excluding carboxylic acids is 1. The third-order valence-electron chi connectivity index (χ3n) is 5.61. The topological polar surface area (TPSA) is 95.1 Å². The Labute approximate surface area is 170 Å². The van der Waals surface area contributed by atoms with Gasteiger partial charge in [-0.2, -0.15) is 4.31 Å². The van der Waals surface area contributed by atoms with Gasteiger partial charge in [-0.15, -0.1) is 11.3 Å². The van der Waals surface area contributed by atoms with Crippen LogP contribution in [0.4, 0.5) is 0 Å². The highest BCUT2D eigenvalue weighted by molar-refractivity contribution is 7.91. The van der Waals surface area contributed by atoms with Gasteiger partial charge >= 0.3 is 0 Å². The summed E-state index contributed by atoms with van der Waals surface area (Å²) in [5, 5.41) is 1.75. The molecule has 1 unspecified atom stereocenters. The number of nitrogens with zero attached hydrogens (tertiary/aromatic N) is 3. The van der Waals surface area contributed by atoms with Crippen molar-refractivity contribution in [2.24, 2.45) is 0 Å². The van der Waals surface area contributed by atoms with Crippen LogP contribution in [0.5, 0.6) is 0 Å². The average Bonchev–Trinajstić information content (AvgIpc) is 3.16. The standard InChI is InChI=1S/C17H25N3O5S3/c21-16(20(14-3-4-14)15-5-11-27(22,23)13-15)12-18-6-8-19(9-7-18)28(24,25)17-2-1-10-26-17/h1-2,10,14-15H,3-9,11-13H2. The van der Waals surface area contributed by atoms with Gasteiger partial charge in [0.1, 0.15) is 4.21 Å². The van der Waals surface area contributed by atoms with Crippen LogP contribution < -0.4 is 0 Å². The molecule has 2 aliphatic heterocycles. The van der Waals surface area contributed by atoms with Gasteiger partial charge in [0.25, 0.3) is 10.0 Å². The van der Waals surface area contributed by atoms with Gasteiger partial charge in [-0.1, -0.05) is 6.07 Å². The third kappa shape index (κ3) is 4.28. The number of carbonyl (C=O) groups is 1. The van der Waals surface area contributed by atoms with E-state index in [0.29, 0.717) is 36.8 Å². The van der Waals surface area contributed by atoms with E-state index in [1.54, 1.807) is 22.4 Å². The highest BCUT2D eigenvalue weighted by Crippen LogP contribution is 2.32. The number of hydrogen-bond acceptors (Lipinski definition) is 7. The van der Waals surface area contributed by atoms with Crippen molar-refractivity contribution in [3.05, 3.63) is 17.5 Å². The van der Waals surface area contributed by atoms with Gasteiger partial charge in [0, 0.05) is 38.3 Å². The molecule has 3 heterocycles. The molecular weight excluding hydrogens is 422 g/mol. The number of piperazine rings is 1. The molecule has 28 heavy (non-hydrogen) atoms. The minimum atomic E-state index is -3.45. The van der Waals surface area contributed by atoms with E-state index in [4.69, 9.17) is 0 Å². The molecule has 1 amide bonds. The monoisotopic (exact) mass is 447 g/mol. The van der Waals surface area contributed by atoms with Crippen LogP contribution in [0.3, 0.4) is 0 Å². The summed E-state index contributed by atoms with van der Waals surface area (Å²) in [6.45, 7) is 1.93. The maximum Gasteiger partial charge on any atom is 0.252 e. The lowest BCUT2D eigenvalue weighted by atomic mass is 10.2. The number of thiophene rings is 1. The predicted octanol–water partition coefficient (Wildman–Crippen LogP) is 0.233. The van der Waals surface area contributed by atoms with E-state index in [1.807, 2.05) is 4.90 Å². The maximum absolute atomic E-state index is 12.9. The summed E-state index contributed by atoms with van der Waals surface area (Å²) in [5.74, 6) is 0.203. The normalized spacial score (nSPS) is 26.4. The largest absolute Gasteiger partial charge is 0.335 e. The summed E-state index contributed by atoms with van der Waals surface area (Å²) >= 11 is 1.21. The Morgan fingerprint density at radius 3 is 2.39 bits per heavy atom.